The van der Waals surface area contributed by atoms with Crippen molar-refractivity contribution in [2.24, 2.45) is 11.3 Å². The zero-order chi connectivity index (χ0) is 6.48. The van der Waals surface area contributed by atoms with Crippen LogP contribution in [-0.2, 0) is 0 Å². The second-order valence-corrected chi connectivity index (χ2v) is 3.75. The fraction of sp³-hybridized carbons (Fsp3) is 0.875. The highest BCUT2D eigenvalue weighted by Gasteiger charge is 2.46. The predicted octanol–water partition coefficient (Wildman–Crippen LogP) is 2.22. The molecule has 0 saturated heterocycles. The van der Waals surface area contributed by atoms with Gasteiger partial charge in [-0.2, -0.15) is 0 Å². The molecule has 0 atom stereocenters. The summed E-state index contributed by atoms with van der Waals surface area (Å²) in [6.07, 6.45) is 5.16. The van der Waals surface area contributed by atoms with Gasteiger partial charge in [-0.3, -0.25) is 0 Å². The molecule has 0 heterocycles. The van der Waals surface area contributed by atoms with E-state index in [1.54, 1.807) is 0 Å². The molecule has 2 rings (SSSR count). The molecule has 1 N–H and O–H groups in total. The van der Waals surface area contributed by atoms with Crippen molar-refractivity contribution >= 4 is 5.71 Å². The number of hydrogen-bond acceptors (Lipinski definition) is 1. The van der Waals surface area contributed by atoms with Gasteiger partial charge in [0.15, 0.2) is 0 Å². The Morgan fingerprint density at radius 1 is 1.44 bits per heavy atom. The van der Waals surface area contributed by atoms with E-state index in [0.29, 0.717) is 11.3 Å². The summed E-state index contributed by atoms with van der Waals surface area (Å²) in [5, 5.41) is 7.72. The molecule has 0 aliphatic heterocycles. The molecule has 0 aromatic rings. The molecule has 2 aliphatic carbocycles. The molecule has 2 saturated carbocycles. The minimum atomic E-state index is 0.376. The normalized spacial score (nSPS) is 29.9. The van der Waals surface area contributed by atoms with Gasteiger partial charge in [0.05, 0.1) is 0 Å². The Morgan fingerprint density at radius 3 is 2.33 bits per heavy atom. The highest BCUT2D eigenvalue weighted by molar-refractivity contribution is 5.93. The van der Waals surface area contributed by atoms with Crippen molar-refractivity contribution in [2.75, 3.05) is 0 Å². The van der Waals surface area contributed by atoms with Gasteiger partial charge in [-0.25, -0.2) is 0 Å². The van der Waals surface area contributed by atoms with E-state index >= 15 is 0 Å². The number of rotatable bonds is 2. The molecule has 0 spiro atoms. The third-order valence-electron chi connectivity index (χ3n) is 2.64. The Balaban J connectivity index is 2.03. The van der Waals surface area contributed by atoms with E-state index < -0.39 is 0 Å². The average Bonchev–Trinajstić information content (AvgIpc) is 2.54. The third kappa shape index (κ3) is 0.790. The van der Waals surface area contributed by atoms with Crippen LogP contribution in [0.5, 0.6) is 0 Å². The average molecular weight is 123 g/mol. The van der Waals surface area contributed by atoms with Gasteiger partial charge in [0.2, 0.25) is 0 Å². The zero-order valence-electron chi connectivity index (χ0n) is 5.91. The van der Waals surface area contributed by atoms with Gasteiger partial charge in [0.25, 0.3) is 0 Å². The summed E-state index contributed by atoms with van der Waals surface area (Å²) in [7, 11) is 0. The quantitative estimate of drug-likeness (QED) is 0.544. The fourth-order valence-electron chi connectivity index (χ4n) is 1.32. The number of nitrogens with one attached hydrogen (secondary N) is 1. The Labute approximate surface area is 56.0 Å². The van der Waals surface area contributed by atoms with Crippen molar-refractivity contribution < 1.29 is 0 Å². The first-order valence-electron chi connectivity index (χ1n) is 3.81. The Kier molecular flexibility index (Phi) is 0.842. The fourth-order valence-corrected chi connectivity index (χ4v) is 1.32. The Hall–Kier alpha value is -0.330. The molecule has 0 aromatic heterocycles. The molecule has 0 amide bonds. The van der Waals surface area contributed by atoms with Crippen LogP contribution in [0.25, 0.3) is 0 Å². The monoisotopic (exact) mass is 123 g/mol. The van der Waals surface area contributed by atoms with Crippen molar-refractivity contribution in [2.45, 2.75) is 32.6 Å². The van der Waals surface area contributed by atoms with E-state index in [0.717, 1.165) is 5.71 Å². The third-order valence-corrected chi connectivity index (χ3v) is 2.64. The van der Waals surface area contributed by atoms with E-state index in [-0.39, 0.29) is 0 Å². The zero-order valence-corrected chi connectivity index (χ0v) is 5.91. The van der Waals surface area contributed by atoms with Gasteiger partial charge in [0, 0.05) is 11.1 Å². The number of hydrogen-bond donors (Lipinski definition) is 1. The Morgan fingerprint density at radius 2 is 2.00 bits per heavy atom. The summed E-state index contributed by atoms with van der Waals surface area (Å²) in [6, 6.07) is 0. The first-order valence-corrected chi connectivity index (χ1v) is 3.81. The van der Waals surface area contributed by atoms with Gasteiger partial charge < -0.3 is 5.41 Å². The second kappa shape index (κ2) is 1.39. The summed E-state index contributed by atoms with van der Waals surface area (Å²) in [5.41, 5.74) is 1.43. The van der Waals surface area contributed by atoms with Crippen LogP contribution in [0.3, 0.4) is 0 Å². The van der Waals surface area contributed by atoms with Gasteiger partial charge >= 0.3 is 0 Å². The van der Waals surface area contributed by atoms with Crippen LogP contribution in [0.15, 0.2) is 0 Å². The highest BCUT2D eigenvalue weighted by Crippen LogP contribution is 2.51. The molecule has 50 valence electrons. The molecule has 2 fully saturated rings. The molecular formula is C8H13N. The maximum absolute atomic E-state index is 7.72. The van der Waals surface area contributed by atoms with E-state index in [1.165, 1.54) is 25.7 Å². The highest BCUT2D eigenvalue weighted by atomic mass is 14.6. The van der Waals surface area contributed by atoms with Crippen molar-refractivity contribution in [1.29, 1.82) is 5.41 Å². The van der Waals surface area contributed by atoms with E-state index in [4.69, 9.17) is 5.41 Å². The molecule has 0 aromatic carbocycles. The van der Waals surface area contributed by atoms with Gasteiger partial charge in [-0.15, -0.1) is 0 Å². The minimum absolute atomic E-state index is 0.376. The molecule has 0 unspecified atom stereocenters. The first kappa shape index (κ1) is 5.45. The maximum Gasteiger partial charge on any atom is 0.0179 e. The van der Waals surface area contributed by atoms with Crippen LogP contribution >= 0.6 is 0 Å². The van der Waals surface area contributed by atoms with Crippen LogP contribution in [0, 0.1) is 16.7 Å². The minimum Gasteiger partial charge on any atom is -0.309 e. The van der Waals surface area contributed by atoms with E-state index in [2.05, 4.69) is 6.92 Å². The lowest BCUT2D eigenvalue weighted by molar-refractivity contribution is 0.760. The second-order valence-electron chi connectivity index (χ2n) is 3.75. The standard InChI is InChI=1S/C8H13N/c1-8(4-5-8)7(9)6-2-3-6/h6,9H,2-5H2,1H3. The SMILES string of the molecule is CC1(C(=N)C2CC2)CC1. The molecule has 2 aliphatic rings. The Bertz CT molecular complexity index is 152. The van der Waals surface area contributed by atoms with Gasteiger partial charge in [-0.05, 0) is 31.6 Å². The van der Waals surface area contributed by atoms with Gasteiger partial charge in [0.1, 0.15) is 0 Å². The predicted molar refractivity (Wildman–Crippen MR) is 37.8 cm³/mol. The van der Waals surface area contributed by atoms with E-state index in [9.17, 15) is 0 Å². The van der Waals surface area contributed by atoms with Crippen molar-refractivity contribution in [3.8, 4) is 0 Å². The van der Waals surface area contributed by atoms with Crippen molar-refractivity contribution in [3.63, 3.8) is 0 Å². The summed E-state index contributed by atoms with van der Waals surface area (Å²) in [4.78, 5) is 0. The lowest BCUT2D eigenvalue weighted by atomic mass is 9.99. The van der Waals surface area contributed by atoms with Crippen molar-refractivity contribution in [3.05, 3.63) is 0 Å². The van der Waals surface area contributed by atoms with Crippen LogP contribution in [-0.4, -0.2) is 5.71 Å². The van der Waals surface area contributed by atoms with E-state index in [1.807, 2.05) is 0 Å². The lowest BCUT2D eigenvalue weighted by Gasteiger charge is -2.07. The maximum atomic E-state index is 7.72. The largest absolute Gasteiger partial charge is 0.309 e. The smallest absolute Gasteiger partial charge is 0.0179 e. The topological polar surface area (TPSA) is 23.9 Å². The molecule has 9 heavy (non-hydrogen) atoms. The van der Waals surface area contributed by atoms with Crippen molar-refractivity contribution in [1.82, 2.24) is 0 Å². The van der Waals surface area contributed by atoms with Crippen LogP contribution in [0.4, 0.5) is 0 Å². The molecular weight excluding hydrogens is 110 g/mol. The lowest BCUT2D eigenvalue weighted by Crippen LogP contribution is -2.11. The first-order chi connectivity index (χ1) is 4.22. The molecule has 0 bridgehead atoms. The summed E-state index contributed by atoms with van der Waals surface area (Å²) in [5.74, 6) is 0.706. The summed E-state index contributed by atoms with van der Waals surface area (Å²) < 4.78 is 0. The summed E-state index contributed by atoms with van der Waals surface area (Å²) >= 11 is 0. The molecule has 0 radical (unpaired) electrons. The molecule has 1 heteroatoms. The van der Waals surface area contributed by atoms with Gasteiger partial charge in [-0.1, -0.05) is 6.92 Å². The van der Waals surface area contributed by atoms with Crippen LogP contribution < -0.4 is 0 Å². The van der Waals surface area contributed by atoms with Crippen LogP contribution in [0.1, 0.15) is 32.6 Å². The molecule has 1 nitrogen and oxygen atoms in total. The van der Waals surface area contributed by atoms with Crippen LogP contribution in [0.2, 0.25) is 0 Å². The summed E-state index contributed by atoms with van der Waals surface area (Å²) in [6.45, 7) is 2.23.